The van der Waals surface area contributed by atoms with Crippen LogP contribution in [-0.2, 0) is 5.41 Å². The van der Waals surface area contributed by atoms with Crippen molar-refractivity contribution in [2.24, 2.45) is 0 Å². The first-order valence-corrected chi connectivity index (χ1v) is 8.19. The van der Waals surface area contributed by atoms with Crippen LogP contribution in [0.25, 0.3) is 0 Å². The summed E-state index contributed by atoms with van der Waals surface area (Å²) >= 11 is 3.47. The van der Waals surface area contributed by atoms with E-state index >= 15 is 0 Å². The van der Waals surface area contributed by atoms with Gasteiger partial charge in [-0.3, -0.25) is 0 Å². The minimum absolute atomic E-state index is 0.176. The molecule has 1 N–H and O–H groups in total. The van der Waals surface area contributed by atoms with Crippen LogP contribution in [0, 0.1) is 6.92 Å². The normalized spacial score (nSPS) is 13.2. The molecule has 0 aromatic heterocycles. The molecular weight excluding hydrogens is 324 g/mol. The van der Waals surface area contributed by atoms with E-state index in [0.717, 1.165) is 27.6 Å². The maximum Gasteiger partial charge on any atom is 0.104 e. The Morgan fingerprint density at radius 2 is 1.71 bits per heavy atom. The zero-order valence-corrected chi connectivity index (χ0v) is 14.7. The molecule has 0 amide bonds. The van der Waals surface area contributed by atoms with E-state index in [4.69, 9.17) is 0 Å². The van der Waals surface area contributed by atoms with Crippen LogP contribution in [-0.4, -0.2) is 5.11 Å². The van der Waals surface area contributed by atoms with Crippen molar-refractivity contribution in [3.63, 3.8) is 0 Å². The van der Waals surface area contributed by atoms with Crippen molar-refractivity contribution in [1.82, 2.24) is 0 Å². The number of rotatable bonds is 4. The van der Waals surface area contributed by atoms with Crippen molar-refractivity contribution in [2.45, 2.75) is 45.6 Å². The zero-order valence-electron chi connectivity index (χ0n) is 13.2. The summed E-state index contributed by atoms with van der Waals surface area (Å²) in [6, 6.07) is 14.4. The van der Waals surface area contributed by atoms with E-state index in [-0.39, 0.29) is 5.41 Å². The predicted molar refractivity (Wildman–Crippen MR) is 92.7 cm³/mol. The van der Waals surface area contributed by atoms with Crippen LogP contribution in [0.15, 0.2) is 46.9 Å². The Hall–Kier alpha value is -1.12. The third kappa shape index (κ3) is 3.56. The Morgan fingerprint density at radius 3 is 2.29 bits per heavy atom. The SMILES string of the molecule is CCC(C)(C)c1ccc(C(O)c2cc(Br)ccc2C)cc1. The summed E-state index contributed by atoms with van der Waals surface area (Å²) in [5.41, 5.74) is 4.48. The molecule has 0 aliphatic rings. The fourth-order valence-electron chi connectivity index (χ4n) is 2.41. The topological polar surface area (TPSA) is 20.2 Å². The Kier molecular flexibility index (Phi) is 4.90. The summed E-state index contributed by atoms with van der Waals surface area (Å²) < 4.78 is 0.992. The number of hydrogen-bond acceptors (Lipinski definition) is 1. The highest BCUT2D eigenvalue weighted by atomic mass is 79.9. The summed E-state index contributed by atoms with van der Waals surface area (Å²) in [6.07, 6.45) is 0.515. The number of aryl methyl sites for hydroxylation is 1. The minimum atomic E-state index is -0.582. The first kappa shape index (κ1) is 16.3. The Morgan fingerprint density at radius 1 is 1.10 bits per heavy atom. The smallest absolute Gasteiger partial charge is 0.104 e. The van der Waals surface area contributed by atoms with Crippen LogP contribution >= 0.6 is 15.9 Å². The summed E-state index contributed by atoms with van der Waals surface area (Å²) in [4.78, 5) is 0. The summed E-state index contributed by atoms with van der Waals surface area (Å²) in [5.74, 6) is 0. The first-order valence-electron chi connectivity index (χ1n) is 7.39. The van der Waals surface area contributed by atoms with Crippen molar-refractivity contribution in [3.8, 4) is 0 Å². The second kappa shape index (κ2) is 6.33. The lowest BCUT2D eigenvalue weighted by Gasteiger charge is -2.24. The molecule has 2 aromatic rings. The van der Waals surface area contributed by atoms with Gasteiger partial charge in [0.15, 0.2) is 0 Å². The van der Waals surface area contributed by atoms with Crippen LogP contribution in [0.2, 0.25) is 0 Å². The van der Waals surface area contributed by atoms with Crippen LogP contribution in [0.4, 0.5) is 0 Å². The summed E-state index contributed by atoms with van der Waals surface area (Å²) in [7, 11) is 0. The lowest BCUT2D eigenvalue weighted by Crippen LogP contribution is -2.15. The van der Waals surface area contributed by atoms with Crippen molar-refractivity contribution in [1.29, 1.82) is 0 Å². The van der Waals surface area contributed by atoms with Gasteiger partial charge in [0.05, 0.1) is 0 Å². The number of hydrogen-bond donors (Lipinski definition) is 1. The fourth-order valence-corrected chi connectivity index (χ4v) is 2.78. The van der Waals surface area contributed by atoms with Gasteiger partial charge in [0.1, 0.15) is 6.10 Å². The van der Waals surface area contributed by atoms with Gasteiger partial charge < -0.3 is 5.11 Å². The second-order valence-corrected chi connectivity index (χ2v) is 7.18. The van der Waals surface area contributed by atoms with E-state index in [1.54, 1.807) is 0 Å². The maximum absolute atomic E-state index is 10.6. The molecule has 2 rings (SSSR count). The second-order valence-electron chi connectivity index (χ2n) is 6.26. The lowest BCUT2D eigenvalue weighted by molar-refractivity contribution is 0.219. The molecule has 0 fully saturated rings. The van der Waals surface area contributed by atoms with E-state index in [1.807, 2.05) is 37.3 Å². The van der Waals surface area contributed by atoms with Crippen molar-refractivity contribution in [2.75, 3.05) is 0 Å². The van der Waals surface area contributed by atoms with Gasteiger partial charge in [-0.2, -0.15) is 0 Å². The molecule has 1 atom stereocenters. The molecule has 0 heterocycles. The highest BCUT2D eigenvalue weighted by Gasteiger charge is 2.19. The van der Waals surface area contributed by atoms with Crippen molar-refractivity contribution < 1.29 is 5.11 Å². The van der Waals surface area contributed by atoms with E-state index in [2.05, 4.69) is 48.8 Å². The molecule has 2 heteroatoms. The predicted octanol–water partition coefficient (Wildman–Crippen LogP) is 5.53. The van der Waals surface area contributed by atoms with E-state index in [9.17, 15) is 5.11 Å². The molecule has 0 aliphatic carbocycles. The standard InChI is InChI=1S/C19H23BrO/c1-5-19(3,4)15-9-7-14(8-10-15)18(21)17-12-16(20)11-6-13(17)2/h6-12,18,21H,5H2,1-4H3. The van der Waals surface area contributed by atoms with Crippen molar-refractivity contribution in [3.05, 3.63) is 69.2 Å². The summed E-state index contributed by atoms with van der Waals surface area (Å²) in [5, 5.41) is 10.6. The molecule has 0 aliphatic heterocycles. The highest BCUT2D eigenvalue weighted by Crippen LogP contribution is 2.31. The van der Waals surface area contributed by atoms with E-state index in [1.165, 1.54) is 5.56 Å². The van der Waals surface area contributed by atoms with Gasteiger partial charge in [-0.25, -0.2) is 0 Å². The third-order valence-electron chi connectivity index (χ3n) is 4.43. The zero-order chi connectivity index (χ0) is 15.6. The van der Waals surface area contributed by atoms with Gasteiger partial charge >= 0.3 is 0 Å². The van der Waals surface area contributed by atoms with E-state index in [0.29, 0.717) is 0 Å². The molecule has 0 saturated heterocycles. The number of aliphatic hydroxyl groups is 1. The molecule has 1 unspecified atom stereocenters. The maximum atomic E-state index is 10.6. The molecule has 0 radical (unpaired) electrons. The first-order chi connectivity index (χ1) is 9.85. The minimum Gasteiger partial charge on any atom is -0.384 e. The van der Waals surface area contributed by atoms with Gasteiger partial charge in [-0.05, 0) is 53.1 Å². The van der Waals surface area contributed by atoms with Gasteiger partial charge in [-0.15, -0.1) is 0 Å². The number of aliphatic hydroxyl groups excluding tert-OH is 1. The van der Waals surface area contributed by atoms with Gasteiger partial charge in [0, 0.05) is 4.47 Å². The molecule has 1 nitrogen and oxygen atoms in total. The molecule has 21 heavy (non-hydrogen) atoms. The fraction of sp³-hybridized carbons (Fsp3) is 0.368. The third-order valence-corrected chi connectivity index (χ3v) is 4.92. The van der Waals surface area contributed by atoms with Gasteiger partial charge in [0.25, 0.3) is 0 Å². The van der Waals surface area contributed by atoms with Crippen LogP contribution in [0.1, 0.15) is 55.5 Å². The van der Waals surface area contributed by atoms with Crippen LogP contribution in [0.3, 0.4) is 0 Å². The highest BCUT2D eigenvalue weighted by molar-refractivity contribution is 9.10. The molecule has 112 valence electrons. The Balaban J connectivity index is 2.32. The number of benzene rings is 2. The van der Waals surface area contributed by atoms with Crippen LogP contribution in [0.5, 0.6) is 0 Å². The van der Waals surface area contributed by atoms with E-state index < -0.39 is 6.10 Å². The van der Waals surface area contributed by atoms with Crippen LogP contribution < -0.4 is 0 Å². The van der Waals surface area contributed by atoms with Gasteiger partial charge in [0.2, 0.25) is 0 Å². The Bertz CT molecular complexity index is 614. The average Bonchev–Trinajstić information content (AvgIpc) is 2.49. The molecular formula is C19H23BrO. The molecule has 0 bridgehead atoms. The van der Waals surface area contributed by atoms with Crippen molar-refractivity contribution >= 4 is 15.9 Å². The quantitative estimate of drug-likeness (QED) is 0.771. The summed E-state index contributed by atoms with van der Waals surface area (Å²) in [6.45, 7) is 8.72. The lowest BCUT2D eigenvalue weighted by atomic mass is 9.81. The largest absolute Gasteiger partial charge is 0.384 e. The number of halogens is 1. The Labute approximate surface area is 136 Å². The molecule has 0 spiro atoms. The van der Waals surface area contributed by atoms with Gasteiger partial charge in [-0.1, -0.05) is 67.0 Å². The monoisotopic (exact) mass is 346 g/mol. The molecule has 2 aromatic carbocycles. The average molecular weight is 347 g/mol. The molecule has 0 saturated carbocycles.